The molecule has 51 valence electrons. The fraction of sp³-hybridized carbons (Fsp3) is 1.00. The van der Waals surface area contributed by atoms with Gasteiger partial charge in [-0.3, -0.25) is 0 Å². The Labute approximate surface area is 69.0 Å². The summed E-state index contributed by atoms with van der Waals surface area (Å²) in [6, 6.07) is 0. The first-order valence-corrected chi connectivity index (χ1v) is 5.29. The molecular formula is C6H11O2Sn. The van der Waals surface area contributed by atoms with Crippen molar-refractivity contribution < 1.29 is 9.47 Å². The second-order valence-electron chi connectivity index (χ2n) is 2.13. The molecule has 0 aliphatic carbocycles. The third-order valence-electron chi connectivity index (χ3n) is 1.17. The maximum atomic E-state index is 5.29. The molecule has 1 fully saturated rings. The molecule has 3 heteroatoms. The van der Waals surface area contributed by atoms with E-state index in [9.17, 15) is 0 Å². The number of ether oxygens (including phenoxy) is 2. The molecule has 0 spiro atoms. The molecule has 1 rings (SSSR count). The number of rotatable bonds is 5. The Morgan fingerprint density at radius 2 is 2.44 bits per heavy atom. The van der Waals surface area contributed by atoms with Crippen molar-refractivity contribution in [3.05, 3.63) is 0 Å². The van der Waals surface area contributed by atoms with Crippen LogP contribution in [0.4, 0.5) is 0 Å². The molecule has 1 saturated heterocycles. The Kier molecular flexibility index (Phi) is 3.93. The van der Waals surface area contributed by atoms with Crippen LogP contribution < -0.4 is 0 Å². The summed E-state index contributed by atoms with van der Waals surface area (Å²) >= 11 is 1.61. The van der Waals surface area contributed by atoms with Gasteiger partial charge >= 0.3 is 68.8 Å². The predicted molar refractivity (Wildman–Crippen MR) is 35.7 cm³/mol. The summed E-state index contributed by atoms with van der Waals surface area (Å²) in [6.07, 6.45) is 1.65. The topological polar surface area (TPSA) is 21.8 Å². The monoisotopic (exact) mass is 235 g/mol. The van der Waals surface area contributed by atoms with Crippen molar-refractivity contribution in [3.8, 4) is 0 Å². The first kappa shape index (κ1) is 7.82. The third-order valence-corrected chi connectivity index (χ3v) is 2.18. The van der Waals surface area contributed by atoms with Crippen LogP contribution in [0.15, 0.2) is 0 Å². The van der Waals surface area contributed by atoms with Crippen molar-refractivity contribution in [1.29, 1.82) is 0 Å². The standard InChI is InChI=1S/C6H11O2.Sn/c1-2-3-7-4-6-5-8-6;/h6H,1-5H2;. The average Bonchev–Trinajstić information content (AvgIpc) is 2.63. The van der Waals surface area contributed by atoms with Gasteiger partial charge in [0.05, 0.1) is 0 Å². The molecule has 3 radical (unpaired) electrons. The first-order valence-electron chi connectivity index (χ1n) is 3.27. The van der Waals surface area contributed by atoms with Gasteiger partial charge in [0.25, 0.3) is 0 Å². The Balaban J connectivity index is 1.71. The summed E-state index contributed by atoms with van der Waals surface area (Å²) < 4.78 is 11.6. The first-order chi connectivity index (χ1) is 4.43. The molecular weight excluding hydrogens is 223 g/mol. The van der Waals surface area contributed by atoms with Crippen LogP contribution in [0.1, 0.15) is 6.42 Å². The minimum absolute atomic E-state index is 0.440. The van der Waals surface area contributed by atoms with E-state index in [0.29, 0.717) is 6.10 Å². The van der Waals surface area contributed by atoms with Crippen LogP contribution in [-0.4, -0.2) is 48.4 Å². The zero-order chi connectivity index (χ0) is 6.53. The molecule has 0 aromatic carbocycles. The average molecular weight is 234 g/mol. The summed E-state index contributed by atoms with van der Waals surface area (Å²) in [7, 11) is 0. The van der Waals surface area contributed by atoms with Gasteiger partial charge in [-0.15, -0.1) is 0 Å². The van der Waals surface area contributed by atoms with Gasteiger partial charge in [-0.2, -0.15) is 0 Å². The number of hydrogen-bond acceptors (Lipinski definition) is 2. The van der Waals surface area contributed by atoms with Crippen LogP contribution in [0.2, 0.25) is 4.44 Å². The normalized spacial score (nSPS) is 24.3. The molecule has 1 unspecified atom stereocenters. The Morgan fingerprint density at radius 1 is 1.67 bits per heavy atom. The quantitative estimate of drug-likeness (QED) is 0.389. The van der Waals surface area contributed by atoms with Crippen molar-refractivity contribution >= 4 is 22.5 Å². The molecule has 1 aliphatic heterocycles. The molecule has 1 atom stereocenters. The SMILES string of the molecule is [Sn][CH2]CCOCC1CO1. The molecule has 9 heavy (non-hydrogen) atoms. The van der Waals surface area contributed by atoms with Gasteiger partial charge in [0.2, 0.25) is 0 Å². The van der Waals surface area contributed by atoms with Crippen molar-refractivity contribution in [2.24, 2.45) is 0 Å². The van der Waals surface area contributed by atoms with Crippen LogP contribution in [0.25, 0.3) is 0 Å². The molecule has 0 aromatic rings. The summed E-state index contributed by atoms with van der Waals surface area (Å²) in [5.74, 6) is 0. The predicted octanol–water partition coefficient (Wildman–Crippen LogP) is 0.379. The van der Waals surface area contributed by atoms with E-state index < -0.39 is 0 Å². The molecule has 0 N–H and O–H groups in total. The zero-order valence-corrected chi connectivity index (χ0v) is 8.28. The van der Waals surface area contributed by atoms with Crippen LogP contribution in [0.3, 0.4) is 0 Å². The summed E-state index contributed by atoms with van der Waals surface area (Å²) in [5, 5.41) is 0. The van der Waals surface area contributed by atoms with Crippen molar-refractivity contribution in [2.45, 2.75) is 17.0 Å². The minimum atomic E-state index is 0.440. The molecule has 1 aliphatic rings. The molecule has 2 nitrogen and oxygen atoms in total. The number of hydrogen-bond donors (Lipinski definition) is 0. The van der Waals surface area contributed by atoms with Gasteiger partial charge < -0.3 is 0 Å². The van der Waals surface area contributed by atoms with Crippen molar-refractivity contribution in [2.75, 3.05) is 19.8 Å². The van der Waals surface area contributed by atoms with E-state index in [-0.39, 0.29) is 0 Å². The van der Waals surface area contributed by atoms with E-state index in [1.165, 1.54) is 10.9 Å². The van der Waals surface area contributed by atoms with Gasteiger partial charge in [0, 0.05) is 0 Å². The molecule has 1 heterocycles. The van der Waals surface area contributed by atoms with E-state index in [1.54, 1.807) is 22.5 Å². The van der Waals surface area contributed by atoms with Crippen LogP contribution in [0, 0.1) is 0 Å². The second-order valence-corrected chi connectivity index (χ2v) is 3.56. The Morgan fingerprint density at radius 3 is 3.00 bits per heavy atom. The van der Waals surface area contributed by atoms with Gasteiger partial charge in [0.15, 0.2) is 0 Å². The fourth-order valence-electron chi connectivity index (χ4n) is 0.553. The zero-order valence-electron chi connectivity index (χ0n) is 5.43. The van der Waals surface area contributed by atoms with E-state index in [2.05, 4.69) is 0 Å². The second kappa shape index (κ2) is 4.52. The van der Waals surface area contributed by atoms with Gasteiger partial charge in [-0.05, 0) is 0 Å². The van der Waals surface area contributed by atoms with Crippen LogP contribution in [0.5, 0.6) is 0 Å². The number of epoxide rings is 1. The summed E-state index contributed by atoms with van der Waals surface area (Å²) in [6.45, 7) is 2.65. The molecule has 0 amide bonds. The van der Waals surface area contributed by atoms with E-state index >= 15 is 0 Å². The summed E-state index contributed by atoms with van der Waals surface area (Å²) in [4.78, 5) is 0. The Bertz CT molecular complexity index is 73.5. The molecule has 0 saturated carbocycles. The third kappa shape index (κ3) is 4.17. The van der Waals surface area contributed by atoms with Gasteiger partial charge in [0.1, 0.15) is 0 Å². The van der Waals surface area contributed by atoms with Gasteiger partial charge in [-0.1, -0.05) is 0 Å². The van der Waals surface area contributed by atoms with E-state index in [4.69, 9.17) is 9.47 Å². The Hall–Kier alpha value is 0.719. The van der Waals surface area contributed by atoms with Crippen molar-refractivity contribution in [3.63, 3.8) is 0 Å². The fourth-order valence-corrected chi connectivity index (χ4v) is 0.965. The van der Waals surface area contributed by atoms with Gasteiger partial charge in [-0.25, -0.2) is 0 Å². The molecule has 0 bridgehead atoms. The van der Waals surface area contributed by atoms with E-state index in [1.807, 2.05) is 0 Å². The summed E-state index contributed by atoms with van der Waals surface area (Å²) in [5.41, 5.74) is 0. The van der Waals surface area contributed by atoms with Crippen molar-refractivity contribution in [1.82, 2.24) is 0 Å². The van der Waals surface area contributed by atoms with E-state index in [0.717, 1.165) is 19.8 Å². The molecule has 0 aromatic heterocycles. The van der Waals surface area contributed by atoms with Crippen LogP contribution in [-0.2, 0) is 9.47 Å². The van der Waals surface area contributed by atoms with Crippen LogP contribution >= 0.6 is 0 Å². The maximum absolute atomic E-state index is 5.29.